The maximum Gasteiger partial charge on any atom is 0.416 e. The Morgan fingerprint density at radius 3 is 2.25 bits per heavy atom. The van der Waals surface area contributed by atoms with Crippen molar-refractivity contribution in [2.24, 2.45) is 0 Å². The van der Waals surface area contributed by atoms with E-state index < -0.39 is 29.7 Å². The van der Waals surface area contributed by atoms with Crippen molar-refractivity contribution >= 4 is 11.9 Å². The maximum absolute atomic E-state index is 12.3. The molecule has 2 N–H and O–H groups in total. The van der Waals surface area contributed by atoms with Crippen LogP contribution in [0.3, 0.4) is 0 Å². The fraction of sp³-hybridized carbons (Fsp3) is 0.231. The number of alkyl halides is 3. The molecule has 0 aliphatic heterocycles. The van der Waals surface area contributed by atoms with Crippen molar-refractivity contribution in [1.82, 2.24) is 5.32 Å². The van der Waals surface area contributed by atoms with Crippen LogP contribution in [0.2, 0.25) is 0 Å². The van der Waals surface area contributed by atoms with Gasteiger partial charge in [-0.05, 0) is 30.7 Å². The number of carboxylic acid groups (broad SMARTS) is 1. The van der Waals surface area contributed by atoms with Crippen LogP contribution in [0.4, 0.5) is 13.2 Å². The van der Waals surface area contributed by atoms with Crippen molar-refractivity contribution in [2.75, 3.05) is 0 Å². The Bertz CT molecular complexity index is 509. The van der Waals surface area contributed by atoms with E-state index in [1.165, 1.54) is 6.08 Å². The summed E-state index contributed by atoms with van der Waals surface area (Å²) in [6.07, 6.45) is -3.14. The highest BCUT2D eigenvalue weighted by Gasteiger charge is 2.30. The van der Waals surface area contributed by atoms with Gasteiger partial charge in [-0.3, -0.25) is 4.79 Å². The largest absolute Gasteiger partial charge is 0.480 e. The molecule has 4 nitrogen and oxygen atoms in total. The second-order valence-corrected chi connectivity index (χ2v) is 3.96. The summed E-state index contributed by atoms with van der Waals surface area (Å²) in [5, 5.41) is 11.0. The Hall–Kier alpha value is -2.31. The first kappa shape index (κ1) is 15.7. The van der Waals surface area contributed by atoms with Gasteiger partial charge < -0.3 is 10.4 Å². The predicted molar refractivity (Wildman–Crippen MR) is 65.1 cm³/mol. The molecular weight excluding hydrogens is 275 g/mol. The van der Waals surface area contributed by atoms with E-state index >= 15 is 0 Å². The third-order valence-corrected chi connectivity index (χ3v) is 2.48. The van der Waals surface area contributed by atoms with Crippen molar-refractivity contribution in [3.63, 3.8) is 0 Å². The molecule has 0 radical (unpaired) electrons. The lowest BCUT2D eigenvalue weighted by molar-refractivity contribution is -0.139. The molecule has 0 saturated carbocycles. The minimum absolute atomic E-state index is 0.0156. The lowest BCUT2D eigenvalue weighted by Gasteiger charge is -2.13. The fourth-order valence-corrected chi connectivity index (χ4v) is 1.44. The number of carbonyl (C=O) groups excluding carboxylic acids is 1. The first-order valence-corrected chi connectivity index (χ1v) is 5.57. The molecule has 108 valence electrons. The van der Waals surface area contributed by atoms with Gasteiger partial charge in [-0.1, -0.05) is 6.08 Å². The van der Waals surface area contributed by atoms with E-state index in [1.807, 2.05) is 0 Å². The molecular formula is C13H12F3NO3. The topological polar surface area (TPSA) is 66.4 Å². The third kappa shape index (κ3) is 4.11. The summed E-state index contributed by atoms with van der Waals surface area (Å²) in [5.41, 5.74) is -0.928. The predicted octanol–water partition coefficient (Wildman–Crippen LogP) is 2.46. The molecule has 0 saturated heterocycles. The Labute approximate surface area is 112 Å². The van der Waals surface area contributed by atoms with Gasteiger partial charge in [0.05, 0.1) is 5.56 Å². The molecule has 0 aliphatic carbocycles. The molecule has 1 amide bonds. The lowest BCUT2D eigenvalue weighted by atomic mass is 10.1. The summed E-state index contributed by atoms with van der Waals surface area (Å²) < 4.78 is 37.0. The van der Waals surface area contributed by atoms with Gasteiger partial charge in [-0.25, -0.2) is 4.79 Å². The summed E-state index contributed by atoms with van der Waals surface area (Å²) in [6.45, 7) is 3.36. The van der Waals surface area contributed by atoms with Crippen LogP contribution in [-0.2, 0) is 11.0 Å². The van der Waals surface area contributed by atoms with Gasteiger partial charge in [0.1, 0.15) is 6.04 Å². The quantitative estimate of drug-likeness (QED) is 0.817. The first-order chi connectivity index (χ1) is 9.25. The number of halogens is 3. The number of hydrogen-bond donors (Lipinski definition) is 2. The van der Waals surface area contributed by atoms with Gasteiger partial charge in [-0.2, -0.15) is 13.2 Å². The van der Waals surface area contributed by atoms with Crippen LogP contribution >= 0.6 is 0 Å². The fourth-order valence-electron chi connectivity index (χ4n) is 1.44. The lowest BCUT2D eigenvalue weighted by Crippen LogP contribution is -2.40. The number of nitrogens with one attached hydrogen (secondary N) is 1. The number of carbonyl (C=O) groups is 2. The van der Waals surface area contributed by atoms with Gasteiger partial charge in [0.2, 0.25) is 0 Å². The summed E-state index contributed by atoms with van der Waals surface area (Å²) in [5.74, 6) is -2.00. The minimum atomic E-state index is -4.48. The zero-order valence-electron chi connectivity index (χ0n) is 10.3. The normalized spacial score (nSPS) is 12.6. The highest BCUT2D eigenvalue weighted by Crippen LogP contribution is 2.29. The number of rotatable bonds is 5. The van der Waals surface area contributed by atoms with E-state index in [0.29, 0.717) is 0 Å². The average molecular weight is 287 g/mol. The molecule has 1 aromatic rings. The Morgan fingerprint density at radius 2 is 1.85 bits per heavy atom. The molecule has 0 aromatic heterocycles. The van der Waals surface area contributed by atoms with Crippen LogP contribution in [0.15, 0.2) is 36.9 Å². The number of carboxylic acids is 1. The Balaban J connectivity index is 2.82. The van der Waals surface area contributed by atoms with E-state index in [1.54, 1.807) is 0 Å². The van der Waals surface area contributed by atoms with Gasteiger partial charge in [0.25, 0.3) is 5.91 Å². The van der Waals surface area contributed by atoms with Crippen LogP contribution in [0.25, 0.3) is 0 Å². The molecule has 0 fully saturated rings. The highest BCUT2D eigenvalue weighted by atomic mass is 19.4. The molecule has 7 heteroatoms. The second kappa shape index (κ2) is 6.23. The van der Waals surface area contributed by atoms with Gasteiger partial charge in [-0.15, -0.1) is 6.58 Å². The van der Waals surface area contributed by atoms with Crippen LogP contribution < -0.4 is 5.32 Å². The molecule has 0 aliphatic rings. The standard InChI is InChI=1S/C13H12F3NO3/c1-2-3-10(12(19)20)17-11(18)8-4-6-9(7-5-8)13(14,15)16/h2,4-7,10H,1,3H2,(H,17,18)(H,19,20). The van der Waals surface area contributed by atoms with Crippen LogP contribution in [-0.4, -0.2) is 23.0 Å². The second-order valence-electron chi connectivity index (χ2n) is 3.96. The number of hydrogen-bond acceptors (Lipinski definition) is 2. The first-order valence-electron chi connectivity index (χ1n) is 5.57. The zero-order valence-corrected chi connectivity index (χ0v) is 10.3. The Kier molecular flexibility index (Phi) is 4.90. The van der Waals surface area contributed by atoms with Crippen molar-refractivity contribution in [3.8, 4) is 0 Å². The molecule has 1 unspecified atom stereocenters. The molecule has 0 bridgehead atoms. The molecule has 1 rings (SSSR count). The minimum Gasteiger partial charge on any atom is -0.480 e. The third-order valence-electron chi connectivity index (χ3n) is 2.48. The van der Waals surface area contributed by atoms with Crippen LogP contribution in [0.1, 0.15) is 22.3 Å². The molecule has 1 aromatic carbocycles. The molecule has 0 heterocycles. The monoisotopic (exact) mass is 287 g/mol. The van der Waals surface area contributed by atoms with Crippen molar-refractivity contribution in [3.05, 3.63) is 48.0 Å². The number of amides is 1. The summed E-state index contributed by atoms with van der Waals surface area (Å²) in [4.78, 5) is 22.5. The molecule has 0 spiro atoms. The zero-order chi connectivity index (χ0) is 15.3. The average Bonchev–Trinajstić information content (AvgIpc) is 2.37. The van der Waals surface area contributed by atoms with Crippen LogP contribution in [0, 0.1) is 0 Å². The smallest absolute Gasteiger partial charge is 0.416 e. The molecule has 20 heavy (non-hydrogen) atoms. The van der Waals surface area contributed by atoms with Crippen molar-refractivity contribution < 1.29 is 27.9 Å². The van der Waals surface area contributed by atoms with Gasteiger partial charge in [0, 0.05) is 5.56 Å². The SMILES string of the molecule is C=CCC(NC(=O)c1ccc(C(F)(F)F)cc1)C(=O)O. The van der Waals surface area contributed by atoms with Crippen molar-refractivity contribution in [1.29, 1.82) is 0 Å². The van der Waals surface area contributed by atoms with E-state index in [0.717, 1.165) is 24.3 Å². The van der Waals surface area contributed by atoms with Crippen molar-refractivity contribution in [2.45, 2.75) is 18.6 Å². The van der Waals surface area contributed by atoms with E-state index in [-0.39, 0.29) is 12.0 Å². The van der Waals surface area contributed by atoms with Gasteiger partial charge in [0.15, 0.2) is 0 Å². The van der Waals surface area contributed by atoms with E-state index in [4.69, 9.17) is 5.11 Å². The molecule has 1 atom stereocenters. The highest BCUT2D eigenvalue weighted by molar-refractivity contribution is 5.96. The number of aliphatic carboxylic acids is 1. The number of benzene rings is 1. The van der Waals surface area contributed by atoms with E-state index in [9.17, 15) is 22.8 Å². The summed E-state index contributed by atoms with van der Waals surface area (Å²) in [6, 6.07) is 2.34. The van der Waals surface area contributed by atoms with E-state index in [2.05, 4.69) is 11.9 Å². The summed E-state index contributed by atoms with van der Waals surface area (Å²) in [7, 11) is 0. The maximum atomic E-state index is 12.3. The van der Waals surface area contributed by atoms with Crippen LogP contribution in [0.5, 0.6) is 0 Å². The Morgan fingerprint density at radius 1 is 1.30 bits per heavy atom. The van der Waals surface area contributed by atoms with Gasteiger partial charge >= 0.3 is 12.1 Å². The summed E-state index contributed by atoms with van der Waals surface area (Å²) >= 11 is 0.